The third-order valence-corrected chi connectivity index (χ3v) is 8.35. The van der Waals surface area contributed by atoms with Crippen molar-refractivity contribution in [3.63, 3.8) is 0 Å². The van der Waals surface area contributed by atoms with Gasteiger partial charge in [-0.2, -0.15) is 0 Å². The minimum absolute atomic E-state index is 0.0508. The maximum atomic E-state index is 13.2. The molecule has 4 rings (SSSR count). The number of amides is 1. The minimum atomic E-state index is -3.16. The topological polar surface area (TPSA) is 101 Å². The van der Waals surface area contributed by atoms with Crippen LogP contribution in [0.25, 0.3) is 11.7 Å². The first kappa shape index (κ1) is 22.0. The van der Waals surface area contributed by atoms with Crippen molar-refractivity contribution in [2.75, 3.05) is 23.4 Å². The first-order valence-electron chi connectivity index (χ1n) is 10.0. The molecule has 2 aliphatic rings. The van der Waals surface area contributed by atoms with Crippen LogP contribution in [0.15, 0.2) is 34.1 Å². The summed E-state index contributed by atoms with van der Waals surface area (Å²) in [4.78, 5) is 32.5. The van der Waals surface area contributed by atoms with Crippen molar-refractivity contribution >= 4 is 61.6 Å². The second-order valence-electron chi connectivity index (χ2n) is 7.50. The second kappa shape index (κ2) is 8.71. The number of anilines is 1. The van der Waals surface area contributed by atoms with Crippen molar-refractivity contribution in [3.05, 3.63) is 45.2 Å². The van der Waals surface area contributed by atoms with Crippen molar-refractivity contribution in [1.82, 2.24) is 14.3 Å². The Morgan fingerprint density at radius 3 is 2.87 bits per heavy atom. The van der Waals surface area contributed by atoms with E-state index in [4.69, 9.17) is 12.2 Å². The zero-order valence-electron chi connectivity index (χ0n) is 16.9. The molecule has 0 radical (unpaired) electrons. The monoisotopic (exact) mass is 478 g/mol. The summed E-state index contributed by atoms with van der Waals surface area (Å²) in [6, 6.07) is 4.83. The molecule has 2 fully saturated rings. The number of fused-ring (bicyclic) bond motifs is 1. The second-order valence-corrected chi connectivity index (χ2v) is 11.4. The standard InChI is InChI=1S/C20H22N4O4S3/c1-2-3-8-21-17-14(18(25)23-9-5-4-6-16(23)22-17)11-15-19(26)24(20(29)30-15)13-7-10-31(27,28)12-13/h4-6,9,11,13,21H,2-3,7-8,10,12H2,1H3. The number of thioether (sulfide) groups is 1. The van der Waals surface area contributed by atoms with Gasteiger partial charge in [0.05, 0.1) is 28.0 Å². The highest BCUT2D eigenvalue weighted by molar-refractivity contribution is 8.26. The number of hydrogen-bond acceptors (Lipinski definition) is 8. The summed E-state index contributed by atoms with van der Waals surface area (Å²) < 4.78 is 25.5. The van der Waals surface area contributed by atoms with Crippen LogP contribution < -0.4 is 10.9 Å². The maximum Gasteiger partial charge on any atom is 0.267 e. The lowest BCUT2D eigenvalue weighted by Crippen LogP contribution is -2.39. The molecule has 1 N–H and O–H groups in total. The Labute approximate surface area is 189 Å². The number of hydrogen-bond donors (Lipinski definition) is 1. The molecule has 164 valence electrons. The molecule has 2 aromatic rings. The largest absolute Gasteiger partial charge is 0.369 e. The first-order chi connectivity index (χ1) is 14.8. The maximum absolute atomic E-state index is 13.2. The van der Waals surface area contributed by atoms with Gasteiger partial charge < -0.3 is 5.32 Å². The molecule has 0 aliphatic carbocycles. The zero-order chi connectivity index (χ0) is 22.2. The van der Waals surface area contributed by atoms with Gasteiger partial charge in [0.2, 0.25) is 0 Å². The van der Waals surface area contributed by atoms with E-state index in [1.54, 1.807) is 24.4 Å². The highest BCUT2D eigenvalue weighted by Gasteiger charge is 2.42. The van der Waals surface area contributed by atoms with E-state index in [-0.39, 0.29) is 28.5 Å². The molecular formula is C20H22N4O4S3. The average molecular weight is 479 g/mol. The summed E-state index contributed by atoms with van der Waals surface area (Å²) >= 11 is 6.45. The Kier molecular flexibility index (Phi) is 6.18. The Bertz CT molecular complexity index is 1250. The van der Waals surface area contributed by atoms with Crippen LogP contribution in [0, 0.1) is 0 Å². The zero-order valence-corrected chi connectivity index (χ0v) is 19.4. The fourth-order valence-corrected chi connectivity index (χ4v) is 6.74. The Morgan fingerprint density at radius 2 is 2.16 bits per heavy atom. The molecule has 1 amide bonds. The van der Waals surface area contributed by atoms with Gasteiger partial charge in [0, 0.05) is 12.7 Å². The summed E-state index contributed by atoms with van der Waals surface area (Å²) in [5.41, 5.74) is 0.491. The lowest BCUT2D eigenvalue weighted by molar-refractivity contribution is -0.123. The summed E-state index contributed by atoms with van der Waals surface area (Å²) in [5, 5.41) is 3.21. The van der Waals surface area contributed by atoms with Gasteiger partial charge in [-0.05, 0) is 31.1 Å². The molecule has 31 heavy (non-hydrogen) atoms. The molecule has 0 spiro atoms. The normalized spacial score (nSPS) is 22.0. The molecule has 2 saturated heterocycles. The van der Waals surface area contributed by atoms with Crippen LogP contribution in [0.5, 0.6) is 0 Å². The number of sulfone groups is 1. The van der Waals surface area contributed by atoms with Gasteiger partial charge in [0.1, 0.15) is 15.8 Å². The van der Waals surface area contributed by atoms with Crippen molar-refractivity contribution in [3.8, 4) is 0 Å². The van der Waals surface area contributed by atoms with Gasteiger partial charge in [-0.1, -0.05) is 43.4 Å². The predicted octanol–water partition coefficient (Wildman–Crippen LogP) is 2.29. The van der Waals surface area contributed by atoms with Crippen LogP contribution in [-0.4, -0.2) is 57.0 Å². The molecule has 0 aromatic carbocycles. The van der Waals surface area contributed by atoms with E-state index in [0.717, 1.165) is 24.6 Å². The third kappa shape index (κ3) is 4.39. The number of unbranched alkanes of at least 4 members (excludes halogenated alkanes) is 1. The molecule has 4 heterocycles. The van der Waals surface area contributed by atoms with Gasteiger partial charge in [-0.25, -0.2) is 13.4 Å². The predicted molar refractivity (Wildman–Crippen MR) is 127 cm³/mol. The summed E-state index contributed by atoms with van der Waals surface area (Å²) in [6.45, 7) is 2.72. The third-order valence-electron chi connectivity index (χ3n) is 5.26. The van der Waals surface area contributed by atoms with E-state index in [1.165, 1.54) is 15.4 Å². The van der Waals surface area contributed by atoms with Crippen LogP contribution in [0.4, 0.5) is 5.82 Å². The number of pyridine rings is 1. The van der Waals surface area contributed by atoms with Crippen molar-refractivity contribution in [2.45, 2.75) is 32.2 Å². The molecule has 0 saturated carbocycles. The van der Waals surface area contributed by atoms with Crippen LogP contribution in [0.3, 0.4) is 0 Å². The molecule has 2 aromatic heterocycles. The molecule has 8 nitrogen and oxygen atoms in total. The van der Waals surface area contributed by atoms with Gasteiger partial charge in [0.25, 0.3) is 11.5 Å². The Morgan fingerprint density at radius 1 is 1.35 bits per heavy atom. The van der Waals surface area contributed by atoms with Gasteiger partial charge in [0.15, 0.2) is 9.84 Å². The average Bonchev–Trinajstić information content (AvgIpc) is 3.22. The van der Waals surface area contributed by atoms with Crippen LogP contribution >= 0.6 is 24.0 Å². The smallest absolute Gasteiger partial charge is 0.267 e. The van der Waals surface area contributed by atoms with E-state index >= 15 is 0 Å². The van der Waals surface area contributed by atoms with Crippen LogP contribution in [-0.2, 0) is 14.6 Å². The molecular weight excluding hydrogens is 456 g/mol. The van der Waals surface area contributed by atoms with E-state index in [0.29, 0.717) is 33.7 Å². The first-order valence-corrected chi connectivity index (χ1v) is 13.1. The van der Waals surface area contributed by atoms with Gasteiger partial charge in [-0.3, -0.25) is 18.9 Å². The number of thiocarbonyl (C=S) groups is 1. The SMILES string of the molecule is CCCCNc1nc2ccccn2c(=O)c1C=C1SC(=S)N(C2CCS(=O)(=O)C2)C1=O. The number of nitrogens with one attached hydrogen (secondary N) is 1. The molecule has 2 aliphatic heterocycles. The van der Waals surface area contributed by atoms with E-state index in [2.05, 4.69) is 17.2 Å². The summed E-state index contributed by atoms with van der Waals surface area (Å²) in [7, 11) is -3.16. The number of nitrogens with zero attached hydrogens (tertiary/aromatic N) is 3. The Balaban J connectivity index is 1.73. The summed E-state index contributed by atoms with van der Waals surface area (Å²) in [6.07, 6.45) is 5.41. The van der Waals surface area contributed by atoms with Gasteiger partial charge >= 0.3 is 0 Å². The van der Waals surface area contributed by atoms with Crippen molar-refractivity contribution in [1.29, 1.82) is 0 Å². The molecule has 1 unspecified atom stereocenters. The lowest BCUT2D eigenvalue weighted by Gasteiger charge is -2.20. The van der Waals surface area contributed by atoms with Crippen LogP contribution in [0.2, 0.25) is 0 Å². The quantitative estimate of drug-likeness (QED) is 0.383. The number of rotatable bonds is 6. The number of carbonyl (C=O) groups is 1. The number of carbonyl (C=O) groups excluding carboxylic acids is 1. The fourth-order valence-electron chi connectivity index (χ4n) is 3.66. The molecule has 0 bridgehead atoms. The lowest BCUT2D eigenvalue weighted by atomic mass is 10.2. The molecule has 1 atom stereocenters. The van der Waals surface area contributed by atoms with E-state index in [9.17, 15) is 18.0 Å². The fraction of sp³-hybridized carbons (Fsp3) is 0.400. The van der Waals surface area contributed by atoms with Crippen LogP contribution in [0.1, 0.15) is 31.7 Å². The van der Waals surface area contributed by atoms with Gasteiger partial charge in [-0.15, -0.1) is 0 Å². The summed E-state index contributed by atoms with van der Waals surface area (Å²) in [5.74, 6) is 0.0129. The highest BCUT2D eigenvalue weighted by Crippen LogP contribution is 2.36. The van der Waals surface area contributed by atoms with E-state index in [1.807, 2.05) is 0 Å². The van der Waals surface area contributed by atoms with Crippen molar-refractivity contribution < 1.29 is 13.2 Å². The Hall–Kier alpha value is -2.24. The van der Waals surface area contributed by atoms with E-state index < -0.39 is 15.9 Å². The number of aromatic nitrogens is 2. The highest BCUT2D eigenvalue weighted by atomic mass is 32.2. The minimum Gasteiger partial charge on any atom is -0.369 e. The van der Waals surface area contributed by atoms with Crippen molar-refractivity contribution in [2.24, 2.45) is 0 Å². The molecule has 11 heteroatoms.